The second-order valence-corrected chi connectivity index (χ2v) is 36.3. The highest BCUT2D eigenvalue weighted by atomic mass is 32.2. The Kier molecular flexibility index (Phi) is 38.1. The Morgan fingerprint density at radius 3 is 0.417 bits per heavy atom. The fraction of sp³-hybridized carbons (Fsp3) is 0.923. The van der Waals surface area contributed by atoms with Crippen molar-refractivity contribution < 1.29 is 0 Å². The zero-order valence-corrected chi connectivity index (χ0v) is 61.5. The molecule has 0 heterocycles. The standard InChI is InChI=1S/C78H138S6/c1-7-13-19-25-61-31-43-67(44-32-61)55-79-73-74(80-56-68-45-33-62(34-46-68)26-20-14-8-2)76(82-58-70-49-37-64(38-50-70)28-22-16-10-4)78(84-60-72-53-41-66(42-54-72)30-24-18-12-6)77(83-59-71-51-39-65(40-52-71)29-23-17-11-5)75(73)81-57-69-47-35-63(36-48-69)27-21-15-9-3/h61-72H,7-60H2,1-6H3/t61-,62-,63-,64-,65-,66-,67-,68-,69-,70-,71-,72-. The van der Waals surface area contributed by atoms with E-state index in [-0.39, 0.29) is 0 Å². The third kappa shape index (κ3) is 26.7. The molecule has 0 saturated heterocycles. The fourth-order valence-electron chi connectivity index (χ4n) is 16.8. The van der Waals surface area contributed by atoms with E-state index < -0.39 is 0 Å². The SMILES string of the molecule is CCCCC[C@H]1CC[C@H](CSc2c(SC[C@H]3CC[C@H](CCCCC)CC3)c(SC[C@H]3CC[C@H](CCCCC)CC3)c(SC[C@H]3CC[C@H](CCCCC)CC3)c(SC[C@H]3CC[C@H](CCCCC)CC3)c2SC[C@H]2CC[C@H](CCCCC)CC2)CC1. The van der Waals surface area contributed by atoms with Gasteiger partial charge in [-0.25, -0.2) is 0 Å². The van der Waals surface area contributed by atoms with E-state index in [9.17, 15) is 0 Å². The first kappa shape index (κ1) is 72.7. The van der Waals surface area contributed by atoms with E-state index in [0.29, 0.717) is 0 Å². The molecule has 0 radical (unpaired) electrons. The zero-order chi connectivity index (χ0) is 58.8. The Hall–Kier alpha value is 1.32. The quantitative estimate of drug-likeness (QED) is 0.0469. The number of unbranched alkanes of at least 4 members (excludes halogenated alkanes) is 12. The van der Waals surface area contributed by atoms with Crippen LogP contribution in [0.3, 0.4) is 0 Å². The molecule has 0 nitrogen and oxygen atoms in total. The van der Waals surface area contributed by atoms with Gasteiger partial charge >= 0.3 is 0 Å². The molecule has 0 N–H and O–H groups in total. The highest BCUT2D eigenvalue weighted by Crippen LogP contribution is 2.57. The van der Waals surface area contributed by atoms with Crippen molar-refractivity contribution in [2.24, 2.45) is 71.0 Å². The van der Waals surface area contributed by atoms with Crippen LogP contribution >= 0.6 is 70.6 Å². The van der Waals surface area contributed by atoms with Gasteiger partial charge in [0, 0.05) is 63.9 Å². The van der Waals surface area contributed by atoms with Crippen LogP contribution in [0.15, 0.2) is 29.4 Å². The molecule has 1 aromatic carbocycles. The number of hydrogen-bond acceptors (Lipinski definition) is 6. The van der Waals surface area contributed by atoms with Crippen molar-refractivity contribution in [1.82, 2.24) is 0 Å². The molecule has 0 bridgehead atoms. The van der Waals surface area contributed by atoms with E-state index in [4.69, 9.17) is 0 Å². The van der Waals surface area contributed by atoms with Crippen LogP contribution in [0.2, 0.25) is 0 Å². The molecule has 6 saturated carbocycles. The summed E-state index contributed by atoms with van der Waals surface area (Å²) in [4.78, 5) is 11.0. The summed E-state index contributed by atoms with van der Waals surface area (Å²) in [6, 6.07) is 0. The van der Waals surface area contributed by atoms with Crippen LogP contribution in [0.4, 0.5) is 0 Å². The van der Waals surface area contributed by atoms with Gasteiger partial charge in [-0.1, -0.05) is 273 Å². The first-order chi connectivity index (χ1) is 41.4. The first-order valence-electron chi connectivity index (χ1n) is 38.4. The molecule has 6 heteroatoms. The van der Waals surface area contributed by atoms with Crippen LogP contribution in [-0.2, 0) is 0 Å². The van der Waals surface area contributed by atoms with E-state index in [0.717, 1.165) is 71.0 Å². The Morgan fingerprint density at radius 1 is 0.179 bits per heavy atom. The maximum Gasteiger partial charge on any atom is 0.0368 e. The van der Waals surface area contributed by atoms with Crippen LogP contribution in [0, 0.1) is 71.0 Å². The van der Waals surface area contributed by atoms with Crippen molar-refractivity contribution in [1.29, 1.82) is 0 Å². The van der Waals surface area contributed by atoms with E-state index in [2.05, 4.69) is 112 Å². The minimum Gasteiger partial charge on any atom is -0.123 e. The average Bonchev–Trinajstić information content (AvgIpc) is 3.49. The molecule has 0 unspecified atom stereocenters. The predicted molar refractivity (Wildman–Crippen MR) is 388 cm³/mol. The molecule has 486 valence electrons. The van der Waals surface area contributed by atoms with Gasteiger partial charge < -0.3 is 0 Å². The molecule has 0 aromatic heterocycles. The van der Waals surface area contributed by atoms with Crippen LogP contribution < -0.4 is 0 Å². The first-order valence-corrected chi connectivity index (χ1v) is 44.3. The highest BCUT2D eigenvalue weighted by Gasteiger charge is 2.34. The third-order valence-corrected chi connectivity index (χ3v) is 31.9. The molecule has 84 heavy (non-hydrogen) atoms. The summed E-state index contributed by atoms with van der Waals surface area (Å²) < 4.78 is 0. The van der Waals surface area contributed by atoms with Gasteiger partial charge in [0.1, 0.15) is 0 Å². The van der Waals surface area contributed by atoms with Gasteiger partial charge in [0.2, 0.25) is 0 Å². The lowest BCUT2D eigenvalue weighted by Gasteiger charge is -2.33. The van der Waals surface area contributed by atoms with Crippen molar-refractivity contribution in [3.63, 3.8) is 0 Å². The molecule has 6 aliphatic carbocycles. The lowest BCUT2D eigenvalue weighted by molar-refractivity contribution is 0.274. The average molecular weight is 1270 g/mol. The van der Waals surface area contributed by atoms with Crippen molar-refractivity contribution in [2.45, 2.75) is 379 Å². The molecule has 7 rings (SSSR count). The second kappa shape index (κ2) is 44.0. The molecule has 0 spiro atoms. The van der Waals surface area contributed by atoms with Gasteiger partial charge in [0.05, 0.1) is 0 Å². The van der Waals surface area contributed by atoms with E-state index in [1.165, 1.54) is 343 Å². The van der Waals surface area contributed by atoms with Gasteiger partial charge in [0.25, 0.3) is 0 Å². The molecule has 0 aliphatic heterocycles. The van der Waals surface area contributed by atoms with Crippen molar-refractivity contribution in [3.05, 3.63) is 0 Å². The monoisotopic (exact) mass is 1270 g/mol. The normalized spacial score (nSPS) is 28.9. The van der Waals surface area contributed by atoms with E-state index in [1.54, 1.807) is 0 Å². The molecule has 1 aromatic rings. The maximum atomic E-state index is 2.46. The predicted octanol–water partition coefficient (Wildman–Crippen LogP) is 28.6. The summed E-state index contributed by atoms with van der Waals surface area (Å²) in [7, 11) is 0. The van der Waals surface area contributed by atoms with Gasteiger partial charge in [-0.3, -0.25) is 0 Å². The maximum absolute atomic E-state index is 2.46. The largest absolute Gasteiger partial charge is 0.123 e. The van der Waals surface area contributed by atoms with E-state index >= 15 is 0 Å². The number of rotatable bonds is 42. The molecular weight excluding hydrogens is 1130 g/mol. The summed E-state index contributed by atoms with van der Waals surface area (Å²) in [5.74, 6) is 19.5. The number of benzene rings is 1. The van der Waals surface area contributed by atoms with Gasteiger partial charge in [-0.15, -0.1) is 70.6 Å². The van der Waals surface area contributed by atoms with Crippen LogP contribution in [0.1, 0.15) is 350 Å². The fourth-order valence-corrected chi connectivity index (χ4v) is 26.6. The van der Waals surface area contributed by atoms with Crippen LogP contribution in [0.5, 0.6) is 0 Å². The number of hydrogen-bond donors (Lipinski definition) is 0. The highest BCUT2D eigenvalue weighted by molar-refractivity contribution is 8.06. The molecule has 6 fully saturated rings. The summed E-state index contributed by atoms with van der Waals surface area (Å²) in [6.45, 7) is 14.4. The van der Waals surface area contributed by atoms with Gasteiger partial charge in [-0.2, -0.15) is 0 Å². The van der Waals surface area contributed by atoms with Gasteiger partial charge in [0.15, 0.2) is 0 Å². The minimum absolute atomic E-state index is 0.887. The smallest absolute Gasteiger partial charge is 0.0368 e. The lowest BCUT2D eigenvalue weighted by atomic mass is 9.80. The summed E-state index contributed by atoms with van der Waals surface area (Å²) >= 11 is 14.7. The van der Waals surface area contributed by atoms with Crippen LogP contribution in [-0.4, -0.2) is 34.5 Å². The van der Waals surface area contributed by atoms with Crippen LogP contribution in [0.25, 0.3) is 0 Å². The van der Waals surface area contributed by atoms with Gasteiger partial charge in [-0.05, 0) is 148 Å². The minimum atomic E-state index is 0.887. The zero-order valence-electron chi connectivity index (χ0n) is 56.6. The van der Waals surface area contributed by atoms with Crippen molar-refractivity contribution >= 4 is 70.6 Å². The summed E-state index contributed by atoms with van der Waals surface area (Å²) in [5.41, 5.74) is 0. The number of thioether (sulfide) groups is 6. The molecular formula is C78H138S6. The Balaban J connectivity index is 1.26. The van der Waals surface area contributed by atoms with Crippen molar-refractivity contribution in [3.8, 4) is 0 Å². The third-order valence-electron chi connectivity index (χ3n) is 23.1. The summed E-state index contributed by atoms with van der Waals surface area (Å²) in [6.07, 6.45) is 70.4. The molecule has 0 amide bonds. The Morgan fingerprint density at radius 2 is 0.298 bits per heavy atom. The molecule has 6 aliphatic rings. The molecule has 0 atom stereocenters. The lowest BCUT2D eigenvalue weighted by Crippen LogP contribution is -2.18. The second-order valence-electron chi connectivity index (χ2n) is 30.1. The summed E-state index contributed by atoms with van der Waals surface area (Å²) in [5, 5.41) is 0. The topological polar surface area (TPSA) is 0 Å². The Labute approximate surface area is 550 Å². The van der Waals surface area contributed by atoms with E-state index in [1.807, 2.05) is 29.4 Å². The Bertz CT molecular complexity index is 1430. The van der Waals surface area contributed by atoms with Crippen molar-refractivity contribution in [2.75, 3.05) is 34.5 Å².